The van der Waals surface area contributed by atoms with E-state index in [1.54, 1.807) is 30.3 Å². The molecule has 0 aliphatic rings. The van der Waals surface area contributed by atoms with Crippen LogP contribution in [-0.2, 0) is 0 Å². The zero-order valence-electron chi connectivity index (χ0n) is 13.8. The first-order chi connectivity index (χ1) is 11.9. The van der Waals surface area contributed by atoms with Gasteiger partial charge >= 0.3 is 0 Å². The Labute approximate surface area is 156 Å². The monoisotopic (exact) mass is 380 g/mol. The lowest BCUT2D eigenvalue weighted by Gasteiger charge is -2.10. The predicted molar refractivity (Wildman–Crippen MR) is 98.2 cm³/mol. The van der Waals surface area contributed by atoms with Crippen LogP contribution in [0.5, 0.6) is 5.75 Å². The molecule has 2 aromatic rings. The van der Waals surface area contributed by atoms with E-state index in [2.05, 4.69) is 24.7 Å². The molecular formula is C18H18Cl2N2O3. The molecule has 0 unspecified atom stereocenters. The van der Waals surface area contributed by atoms with E-state index < -0.39 is 11.8 Å². The van der Waals surface area contributed by atoms with Crippen molar-refractivity contribution in [2.45, 2.75) is 13.8 Å². The van der Waals surface area contributed by atoms with Gasteiger partial charge in [-0.25, -0.2) is 0 Å². The van der Waals surface area contributed by atoms with Crippen LogP contribution in [-0.4, -0.2) is 18.4 Å². The van der Waals surface area contributed by atoms with Gasteiger partial charge in [-0.05, 0) is 48.4 Å². The molecule has 0 aliphatic heterocycles. The van der Waals surface area contributed by atoms with Crippen molar-refractivity contribution in [1.29, 1.82) is 0 Å². The number of amides is 2. The summed E-state index contributed by atoms with van der Waals surface area (Å²) in [6, 6.07) is 11.1. The maximum absolute atomic E-state index is 12.1. The van der Waals surface area contributed by atoms with E-state index in [1.165, 1.54) is 12.1 Å². The molecule has 25 heavy (non-hydrogen) atoms. The highest BCUT2D eigenvalue weighted by molar-refractivity contribution is 6.36. The number of hydrogen-bond donors (Lipinski definition) is 2. The van der Waals surface area contributed by atoms with Crippen LogP contribution in [0.25, 0.3) is 0 Å². The van der Waals surface area contributed by atoms with Gasteiger partial charge in [0.15, 0.2) is 0 Å². The number of carbonyl (C=O) groups excluding carboxylic acids is 2. The summed E-state index contributed by atoms with van der Waals surface area (Å²) in [5, 5.41) is 0.622. The van der Waals surface area contributed by atoms with Gasteiger partial charge in [0.1, 0.15) is 5.75 Å². The molecule has 2 N–H and O–H groups in total. The first-order valence-electron chi connectivity index (χ1n) is 7.65. The summed E-state index contributed by atoms with van der Waals surface area (Å²) in [6.45, 7) is 4.71. The van der Waals surface area contributed by atoms with Crippen LogP contribution < -0.4 is 15.6 Å². The lowest BCUT2D eigenvalue weighted by atomic mass is 10.2. The zero-order chi connectivity index (χ0) is 18.4. The second-order valence-corrected chi connectivity index (χ2v) is 6.61. The van der Waals surface area contributed by atoms with Crippen LogP contribution in [0.4, 0.5) is 0 Å². The summed E-state index contributed by atoms with van der Waals surface area (Å²) in [5.41, 5.74) is 5.25. The van der Waals surface area contributed by atoms with E-state index >= 15 is 0 Å². The normalized spacial score (nSPS) is 10.4. The second kappa shape index (κ2) is 8.74. The minimum absolute atomic E-state index is 0.200. The molecule has 0 radical (unpaired) electrons. The van der Waals surface area contributed by atoms with Crippen molar-refractivity contribution in [3.8, 4) is 5.75 Å². The Kier molecular flexibility index (Phi) is 6.67. The Bertz CT molecular complexity index is 761. The predicted octanol–water partition coefficient (Wildman–Crippen LogP) is 4.10. The summed E-state index contributed by atoms with van der Waals surface area (Å²) in [6.07, 6.45) is 0. The minimum Gasteiger partial charge on any atom is -0.493 e. The fourth-order valence-electron chi connectivity index (χ4n) is 1.89. The maximum atomic E-state index is 12.1. The lowest BCUT2D eigenvalue weighted by Crippen LogP contribution is -2.41. The first-order valence-corrected chi connectivity index (χ1v) is 8.41. The molecule has 5 nitrogen and oxygen atoms in total. The fraction of sp³-hybridized carbons (Fsp3) is 0.222. The third kappa shape index (κ3) is 5.66. The minimum atomic E-state index is -0.535. The van der Waals surface area contributed by atoms with Crippen molar-refractivity contribution in [3.63, 3.8) is 0 Å². The van der Waals surface area contributed by atoms with Gasteiger partial charge in [-0.2, -0.15) is 0 Å². The SMILES string of the molecule is CC(C)COc1ccc(C(=O)NNC(=O)c2ccc(Cl)cc2Cl)cc1. The van der Waals surface area contributed by atoms with Gasteiger partial charge in [0.25, 0.3) is 11.8 Å². The van der Waals surface area contributed by atoms with Crippen molar-refractivity contribution >= 4 is 35.0 Å². The summed E-state index contributed by atoms with van der Waals surface area (Å²) in [5.74, 6) is 0.112. The van der Waals surface area contributed by atoms with E-state index in [0.29, 0.717) is 28.9 Å². The maximum Gasteiger partial charge on any atom is 0.271 e. The molecular weight excluding hydrogens is 363 g/mol. The van der Waals surface area contributed by atoms with Gasteiger partial charge in [-0.1, -0.05) is 37.0 Å². The van der Waals surface area contributed by atoms with Crippen molar-refractivity contribution < 1.29 is 14.3 Å². The number of nitrogens with one attached hydrogen (secondary N) is 2. The molecule has 0 spiro atoms. The molecule has 0 fully saturated rings. The molecule has 0 saturated heterocycles. The Hall–Kier alpha value is -2.24. The van der Waals surface area contributed by atoms with Crippen LogP contribution in [0.15, 0.2) is 42.5 Å². The van der Waals surface area contributed by atoms with Gasteiger partial charge in [0.05, 0.1) is 17.2 Å². The number of carbonyl (C=O) groups is 2. The largest absolute Gasteiger partial charge is 0.493 e. The molecule has 0 heterocycles. The van der Waals surface area contributed by atoms with Gasteiger partial charge in [0.2, 0.25) is 0 Å². The quantitative estimate of drug-likeness (QED) is 0.767. The topological polar surface area (TPSA) is 67.4 Å². The average molecular weight is 381 g/mol. The number of hydrazine groups is 1. The van der Waals surface area contributed by atoms with Crippen LogP contribution in [0, 0.1) is 5.92 Å². The summed E-state index contributed by atoms with van der Waals surface area (Å²) in [4.78, 5) is 24.1. The smallest absolute Gasteiger partial charge is 0.271 e. The van der Waals surface area contributed by atoms with E-state index in [1.807, 2.05) is 0 Å². The molecule has 132 valence electrons. The standard InChI is InChI=1S/C18H18Cl2N2O3/c1-11(2)10-25-14-6-3-12(4-7-14)17(23)21-22-18(24)15-8-5-13(19)9-16(15)20/h3-9,11H,10H2,1-2H3,(H,21,23)(H,22,24). The number of halogens is 2. The van der Waals surface area contributed by atoms with Gasteiger partial charge in [-0.3, -0.25) is 20.4 Å². The van der Waals surface area contributed by atoms with Crippen molar-refractivity contribution in [1.82, 2.24) is 10.9 Å². The van der Waals surface area contributed by atoms with E-state index in [4.69, 9.17) is 27.9 Å². The highest BCUT2D eigenvalue weighted by atomic mass is 35.5. The summed E-state index contributed by atoms with van der Waals surface area (Å²) >= 11 is 11.7. The van der Waals surface area contributed by atoms with Crippen LogP contribution >= 0.6 is 23.2 Å². The van der Waals surface area contributed by atoms with Crippen molar-refractivity contribution in [3.05, 3.63) is 63.6 Å². The Morgan fingerprint density at radius 3 is 2.24 bits per heavy atom. The number of ether oxygens (including phenoxy) is 1. The molecule has 2 aromatic carbocycles. The molecule has 2 rings (SSSR count). The van der Waals surface area contributed by atoms with E-state index in [0.717, 1.165) is 0 Å². The third-order valence-electron chi connectivity index (χ3n) is 3.17. The molecule has 0 bridgehead atoms. The highest BCUT2D eigenvalue weighted by Gasteiger charge is 2.12. The van der Waals surface area contributed by atoms with Crippen LogP contribution in [0.3, 0.4) is 0 Å². The van der Waals surface area contributed by atoms with Crippen molar-refractivity contribution in [2.75, 3.05) is 6.61 Å². The summed E-state index contributed by atoms with van der Waals surface area (Å²) < 4.78 is 5.55. The number of hydrogen-bond acceptors (Lipinski definition) is 3. The van der Waals surface area contributed by atoms with Gasteiger partial charge in [-0.15, -0.1) is 0 Å². The van der Waals surface area contributed by atoms with E-state index in [-0.39, 0.29) is 10.6 Å². The van der Waals surface area contributed by atoms with Crippen LogP contribution in [0.2, 0.25) is 10.0 Å². The lowest BCUT2D eigenvalue weighted by molar-refractivity contribution is 0.0846. The third-order valence-corrected chi connectivity index (χ3v) is 3.71. The summed E-state index contributed by atoms with van der Waals surface area (Å²) in [7, 11) is 0. The molecule has 7 heteroatoms. The Balaban J connectivity index is 1.92. The highest BCUT2D eigenvalue weighted by Crippen LogP contribution is 2.20. The van der Waals surface area contributed by atoms with Crippen LogP contribution in [0.1, 0.15) is 34.6 Å². The molecule has 0 aliphatic carbocycles. The Morgan fingerprint density at radius 1 is 1.00 bits per heavy atom. The molecule has 0 atom stereocenters. The average Bonchev–Trinajstić information content (AvgIpc) is 2.58. The molecule has 0 aromatic heterocycles. The van der Waals surface area contributed by atoms with Crippen molar-refractivity contribution in [2.24, 2.45) is 5.92 Å². The number of rotatable bonds is 5. The van der Waals surface area contributed by atoms with Gasteiger partial charge < -0.3 is 4.74 Å². The second-order valence-electron chi connectivity index (χ2n) is 5.76. The Morgan fingerprint density at radius 2 is 1.64 bits per heavy atom. The molecule has 0 saturated carbocycles. The zero-order valence-corrected chi connectivity index (χ0v) is 15.3. The molecule has 2 amide bonds. The van der Waals surface area contributed by atoms with E-state index in [9.17, 15) is 9.59 Å². The fourth-order valence-corrected chi connectivity index (χ4v) is 2.39. The van der Waals surface area contributed by atoms with Gasteiger partial charge in [0, 0.05) is 10.6 Å². The number of benzene rings is 2. The first kappa shape index (κ1) is 19.1.